The average molecular weight is 226 g/mol. The number of rotatable bonds is 4. The molecule has 0 radical (unpaired) electrons. The van der Waals surface area contributed by atoms with Crippen molar-refractivity contribution in [2.45, 2.75) is 53.0 Å². The molecule has 0 spiro atoms. The quantitative estimate of drug-likeness (QED) is 0.797. The number of nitrogens with two attached hydrogens (primary N) is 1. The van der Waals surface area contributed by atoms with Gasteiger partial charge in [-0.25, -0.2) is 0 Å². The van der Waals surface area contributed by atoms with Gasteiger partial charge in [-0.2, -0.15) is 0 Å². The van der Waals surface area contributed by atoms with E-state index in [4.69, 9.17) is 5.73 Å². The molecule has 1 heterocycles. The third-order valence-corrected chi connectivity index (χ3v) is 3.53. The zero-order valence-corrected chi connectivity index (χ0v) is 11.1. The van der Waals surface area contributed by atoms with Crippen LogP contribution in [0.2, 0.25) is 0 Å². The molecule has 0 aromatic heterocycles. The van der Waals surface area contributed by atoms with Crippen LogP contribution < -0.4 is 5.73 Å². The van der Waals surface area contributed by atoms with Gasteiger partial charge < -0.3 is 10.6 Å². The van der Waals surface area contributed by atoms with Crippen LogP contribution in [-0.4, -0.2) is 29.9 Å². The molecule has 3 heteroatoms. The van der Waals surface area contributed by atoms with Gasteiger partial charge >= 0.3 is 0 Å². The van der Waals surface area contributed by atoms with E-state index in [9.17, 15) is 4.79 Å². The molecule has 1 amide bonds. The smallest absolute Gasteiger partial charge is 0.222 e. The summed E-state index contributed by atoms with van der Waals surface area (Å²) in [5.74, 6) is 0.833. The number of likely N-dealkylation sites (tertiary alicyclic amines) is 1. The maximum Gasteiger partial charge on any atom is 0.222 e. The summed E-state index contributed by atoms with van der Waals surface area (Å²) in [4.78, 5) is 13.8. The van der Waals surface area contributed by atoms with Crippen LogP contribution in [-0.2, 0) is 4.79 Å². The van der Waals surface area contributed by atoms with Crippen molar-refractivity contribution in [3.05, 3.63) is 0 Å². The Kier molecular flexibility index (Phi) is 4.36. The van der Waals surface area contributed by atoms with Crippen molar-refractivity contribution in [3.63, 3.8) is 0 Å². The summed E-state index contributed by atoms with van der Waals surface area (Å²) >= 11 is 0. The zero-order valence-electron chi connectivity index (χ0n) is 11.1. The lowest BCUT2D eigenvalue weighted by Crippen LogP contribution is -2.29. The molecule has 0 aromatic rings. The topological polar surface area (TPSA) is 46.3 Å². The first-order valence-corrected chi connectivity index (χ1v) is 6.34. The molecule has 2 N–H and O–H groups in total. The Hall–Kier alpha value is -0.570. The van der Waals surface area contributed by atoms with E-state index in [2.05, 4.69) is 20.8 Å². The second-order valence-electron chi connectivity index (χ2n) is 6.23. The summed E-state index contributed by atoms with van der Waals surface area (Å²) in [6, 6.07) is 0.246. The van der Waals surface area contributed by atoms with Gasteiger partial charge in [0.25, 0.3) is 0 Å². The lowest BCUT2D eigenvalue weighted by atomic mass is 9.80. The van der Waals surface area contributed by atoms with Crippen LogP contribution in [0.3, 0.4) is 0 Å². The van der Waals surface area contributed by atoms with Crippen LogP contribution in [0.5, 0.6) is 0 Å². The summed E-state index contributed by atoms with van der Waals surface area (Å²) in [5, 5.41) is 0. The maximum absolute atomic E-state index is 11.8. The van der Waals surface area contributed by atoms with Crippen molar-refractivity contribution in [1.29, 1.82) is 0 Å². The second kappa shape index (κ2) is 5.17. The predicted molar refractivity (Wildman–Crippen MR) is 67.0 cm³/mol. The average Bonchev–Trinajstić information content (AvgIpc) is 2.46. The van der Waals surface area contributed by atoms with Gasteiger partial charge in [0.05, 0.1) is 0 Å². The molecule has 0 bridgehead atoms. The van der Waals surface area contributed by atoms with Crippen molar-refractivity contribution in [2.75, 3.05) is 13.1 Å². The first-order chi connectivity index (χ1) is 7.30. The van der Waals surface area contributed by atoms with E-state index in [0.717, 1.165) is 32.4 Å². The first-order valence-electron chi connectivity index (χ1n) is 6.34. The van der Waals surface area contributed by atoms with Crippen molar-refractivity contribution in [2.24, 2.45) is 17.1 Å². The fourth-order valence-corrected chi connectivity index (χ4v) is 2.17. The third kappa shape index (κ3) is 3.78. The Morgan fingerprint density at radius 2 is 2.12 bits per heavy atom. The van der Waals surface area contributed by atoms with Crippen LogP contribution in [0.4, 0.5) is 0 Å². The normalized spacial score (nSPS) is 23.9. The zero-order chi connectivity index (χ0) is 12.3. The van der Waals surface area contributed by atoms with E-state index >= 15 is 0 Å². The molecule has 1 aliphatic heterocycles. The van der Waals surface area contributed by atoms with Crippen LogP contribution in [0.25, 0.3) is 0 Å². The standard InChI is InChI=1S/C13H26N2O/c1-10(14)6-5-7-15-9-11(8-12(15)16)13(2,3)4/h10-11H,5-9,14H2,1-4H3. The fraction of sp³-hybridized carbons (Fsp3) is 0.923. The molecule has 2 unspecified atom stereocenters. The van der Waals surface area contributed by atoms with Gasteiger partial charge in [-0.15, -0.1) is 0 Å². The molecule has 0 saturated carbocycles. The largest absolute Gasteiger partial charge is 0.342 e. The molecule has 3 nitrogen and oxygen atoms in total. The SMILES string of the molecule is CC(N)CCCN1CC(C(C)(C)C)CC1=O. The molecule has 16 heavy (non-hydrogen) atoms. The van der Waals surface area contributed by atoms with E-state index in [1.165, 1.54) is 0 Å². The van der Waals surface area contributed by atoms with Gasteiger partial charge in [-0.1, -0.05) is 20.8 Å². The lowest BCUT2D eigenvalue weighted by Gasteiger charge is -2.26. The van der Waals surface area contributed by atoms with Gasteiger partial charge in [-0.05, 0) is 31.1 Å². The van der Waals surface area contributed by atoms with E-state index in [0.29, 0.717) is 11.8 Å². The van der Waals surface area contributed by atoms with Gasteiger partial charge in [0.2, 0.25) is 5.91 Å². The van der Waals surface area contributed by atoms with Crippen LogP contribution >= 0.6 is 0 Å². The van der Waals surface area contributed by atoms with Crippen molar-refractivity contribution >= 4 is 5.91 Å². The molecule has 1 aliphatic rings. The van der Waals surface area contributed by atoms with Crippen molar-refractivity contribution in [3.8, 4) is 0 Å². The molecule has 94 valence electrons. The molecular weight excluding hydrogens is 200 g/mol. The summed E-state index contributed by atoms with van der Waals surface area (Å²) in [6.07, 6.45) is 2.76. The van der Waals surface area contributed by atoms with E-state index in [-0.39, 0.29) is 11.5 Å². The third-order valence-electron chi connectivity index (χ3n) is 3.53. The molecule has 0 aromatic carbocycles. The number of hydrogen-bond donors (Lipinski definition) is 1. The molecule has 1 rings (SSSR count). The Bertz CT molecular complexity index is 243. The Balaban J connectivity index is 2.37. The highest BCUT2D eigenvalue weighted by Crippen LogP contribution is 2.34. The summed E-state index contributed by atoms with van der Waals surface area (Å²) in [7, 11) is 0. The Labute approximate surface area is 99.4 Å². The minimum atomic E-state index is 0.242. The van der Waals surface area contributed by atoms with Gasteiger partial charge in [-0.3, -0.25) is 4.79 Å². The Morgan fingerprint density at radius 3 is 2.56 bits per heavy atom. The summed E-state index contributed by atoms with van der Waals surface area (Å²) in [6.45, 7) is 10.5. The maximum atomic E-state index is 11.8. The van der Waals surface area contributed by atoms with Gasteiger partial charge in [0.1, 0.15) is 0 Å². The highest BCUT2D eigenvalue weighted by molar-refractivity contribution is 5.78. The number of hydrogen-bond acceptors (Lipinski definition) is 2. The number of amides is 1. The monoisotopic (exact) mass is 226 g/mol. The molecule has 2 atom stereocenters. The van der Waals surface area contributed by atoms with E-state index < -0.39 is 0 Å². The minimum Gasteiger partial charge on any atom is -0.342 e. The first kappa shape index (κ1) is 13.5. The van der Waals surface area contributed by atoms with Crippen LogP contribution in [0.15, 0.2) is 0 Å². The van der Waals surface area contributed by atoms with Crippen molar-refractivity contribution < 1.29 is 4.79 Å². The molecule has 1 saturated heterocycles. The van der Waals surface area contributed by atoms with Crippen LogP contribution in [0, 0.1) is 11.3 Å². The van der Waals surface area contributed by atoms with E-state index in [1.807, 2.05) is 11.8 Å². The lowest BCUT2D eigenvalue weighted by molar-refractivity contribution is -0.127. The molecule has 0 aliphatic carbocycles. The fourth-order valence-electron chi connectivity index (χ4n) is 2.17. The summed E-state index contributed by atoms with van der Waals surface area (Å²) in [5.41, 5.74) is 5.95. The highest BCUT2D eigenvalue weighted by atomic mass is 16.2. The Morgan fingerprint density at radius 1 is 1.50 bits per heavy atom. The number of carbonyl (C=O) groups excluding carboxylic acids is 1. The number of nitrogens with zero attached hydrogens (tertiary/aromatic N) is 1. The predicted octanol–water partition coefficient (Wildman–Crippen LogP) is 2.01. The molecular formula is C13H26N2O. The van der Waals surface area contributed by atoms with Gasteiger partial charge in [0.15, 0.2) is 0 Å². The van der Waals surface area contributed by atoms with Crippen LogP contribution in [0.1, 0.15) is 47.0 Å². The molecule has 1 fully saturated rings. The van der Waals surface area contributed by atoms with Crippen molar-refractivity contribution in [1.82, 2.24) is 4.90 Å². The van der Waals surface area contributed by atoms with E-state index in [1.54, 1.807) is 0 Å². The highest BCUT2D eigenvalue weighted by Gasteiger charge is 2.36. The van der Waals surface area contributed by atoms with Gasteiger partial charge in [0, 0.05) is 25.6 Å². The minimum absolute atomic E-state index is 0.242. The second-order valence-corrected chi connectivity index (χ2v) is 6.23. The summed E-state index contributed by atoms with van der Waals surface area (Å²) < 4.78 is 0. The number of carbonyl (C=O) groups is 1.